The number of ketones is 1. The minimum Gasteiger partial charge on any atom is -0.434 e. The van der Waals surface area contributed by atoms with Crippen molar-refractivity contribution >= 4 is 32.8 Å². The van der Waals surface area contributed by atoms with Crippen molar-refractivity contribution in [2.75, 3.05) is 5.33 Å². The van der Waals surface area contributed by atoms with Crippen molar-refractivity contribution in [2.24, 2.45) is 0 Å². The highest BCUT2D eigenvalue weighted by molar-refractivity contribution is 9.09. The van der Waals surface area contributed by atoms with E-state index < -0.39 is 0 Å². The van der Waals surface area contributed by atoms with E-state index >= 15 is 0 Å². The highest BCUT2D eigenvalue weighted by Crippen LogP contribution is 2.18. The molecule has 0 spiro atoms. The van der Waals surface area contributed by atoms with E-state index in [4.69, 9.17) is 9.68 Å². The molecule has 0 saturated heterocycles. The number of hydrogen-bond acceptors (Lipinski definition) is 4. The second-order valence-corrected chi connectivity index (χ2v) is 3.77. The zero-order valence-electron chi connectivity index (χ0n) is 8.24. The first kappa shape index (κ1) is 10.8. The van der Waals surface area contributed by atoms with Crippen LogP contribution in [0.3, 0.4) is 0 Å². The van der Waals surface area contributed by atoms with E-state index in [1.807, 2.05) is 0 Å². The second kappa shape index (κ2) is 4.45. The van der Waals surface area contributed by atoms with Crippen molar-refractivity contribution in [1.82, 2.24) is 4.98 Å². The molecule has 2 aromatic rings. The molecule has 0 saturated carbocycles. The molecule has 0 unspecified atom stereocenters. The van der Waals surface area contributed by atoms with Crippen molar-refractivity contribution in [3.63, 3.8) is 0 Å². The minimum atomic E-state index is -0.196. The van der Waals surface area contributed by atoms with E-state index in [0.717, 1.165) is 5.56 Å². The summed E-state index contributed by atoms with van der Waals surface area (Å²) in [5.74, 6) is -0.0981. The molecule has 0 bridgehead atoms. The predicted molar refractivity (Wildman–Crippen MR) is 61.5 cm³/mol. The first-order valence-electron chi connectivity index (χ1n) is 4.60. The fraction of sp³-hybridized carbons (Fsp3) is 0.182. The van der Waals surface area contributed by atoms with Crippen LogP contribution in [0, 0.1) is 11.3 Å². The largest absolute Gasteiger partial charge is 0.434 e. The molecular formula is C11H7BrN2O2. The summed E-state index contributed by atoms with van der Waals surface area (Å²) in [4.78, 5) is 15.4. The van der Waals surface area contributed by atoms with Gasteiger partial charge in [-0.05, 0) is 17.7 Å². The zero-order chi connectivity index (χ0) is 11.5. The van der Waals surface area contributed by atoms with Crippen molar-refractivity contribution in [1.29, 1.82) is 5.26 Å². The van der Waals surface area contributed by atoms with Gasteiger partial charge in [0.05, 0.1) is 17.8 Å². The van der Waals surface area contributed by atoms with E-state index in [0.29, 0.717) is 17.5 Å². The molecule has 1 heterocycles. The molecule has 0 amide bonds. The zero-order valence-corrected chi connectivity index (χ0v) is 9.82. The van der Waals surface area contributed by atoms with E-state index in [1.165, 1.54) is 0 Å². The molecule has 80 valence electrons. The molecule has 4 nitrogen and oxygen atoms in total. The molecule has 0 aliphatic heterocycles. The number of Topliss-reactive ketones (excluding diaryl/α,β-unsaturated/α-hetero) is 1. The topological polar surface area (TPSA) is 66.9 Å². The van der Waals surface area contributed by atoms with Gasteiger partial charge in [0, 0.05) is 0 Å². The normalized spacial score (nSPS) is 10.2. The van der Waals surface area contributed by atoms with Gasteiger partial charge >= 0.3 is 0 Å². The summed E-state index contributed by atoms with van der Waals surface area (Å²) < 4.78 is 5.31. The number of fused-ring (bicyclic) bond motifs is 1. The monoisotopic (exact) mass is 278 g/mol. The van der Waals surface area contributed by atoms with E-state index in [-0.39, 0.29) is 17.0 Å². The molecule has 0 radical (unpaired) electrons. The number of carbonyl (C=O) groups is 1. The van der Waals surface area contributed by atoms with Crippen molar-refractivity contribution in [2.45, 2.75) is 6.42 Å². The number of carbonyl (C=O) groups excluding carboxylic acids is 1. The van der Waals surface area contributed by atoms with Gasteiger partial charge in [0.25, 0.3) is 5.89 Å². The number of halogens is 1. The Balaban J connectivity index is 2.46. The molecule has 5 heteroatoms. The van der Waals surface area contributed by atoms with Gasteiger partial charge in [0.1, 0.15) is 5.52 Å². The fourth-order valence-electron chi connectivity index (χ4n) is 1.35. The molecule has 0 aliphatic carbocycles. The third-order valence-corrected chi connectivity index (χ3v) is 2.61. The first-order valence-corrected chi connectivity index (χ1v) is 5.72. The molecular weight excluding hydrogens is 272 g/mol. The van der Waals surface area contributed by atoms with Crippen LogP contribution in [-0.4, -0.2) is 16.1 Å². The Hall–Kier alpha value is -1.67. The van der Waals surface area contributed by atoms with Gasteiger partial charge in [-0.15, -0.1) is 0 Å². The Kier molecular flexibility index (Phi) is 3.02. The van der Waals surface area contributed by atoms with Crippen LogP contribution in [0.1, 0.15) is 16.2 Å². The van der Waals surface area contributed by atoms with E-state index in [2.05, 4.69) is 27.0 Å². The Morgan fingerprint density at radius 2 is 2.38 bits per heavy atom. The third kappa shape index (κ3) is 1.97. The molecule has 1 aromatic carbocycles. The van der Waals surface area contributed by atoms with Crippen LogP contribution < -0.4 is 0 Å². The van der Waals surface area contributed by atoms with Crippen LogP contribution in [0.4, 0.5) is 0 Å². The van der Waals surface area contributed by atoms with Gasteiger partial charge in [-0.25, -0.2) is 4.98 Å². The van der Waals surface area contributed by atoms with Crippen molar-refractivity contribution in [3.05, 3.63) is 29.7 Å². The number of rotatable bonds is 3. The van der Waals surface area contributed by atoms with Gasteiger partial charge in [0.15, 0.2) is 5.58 Å². The third-order valence-electron chi connectivity index (χ3n) is 2.10. The maximum Gasteiger partial charge on any atom is 0.265 e. The maximum absolute atomic E-state index is 11.3. The molecule has 2 rings (SSSR count). The average molecular weight is 279 g/mol. The molecule has 1 aromatic heterocycles. The number of oxazole rings is 1. The Bertz CT molecular complexity index is 583. The van der Waals surface area contributed by atoms with Gasteiger partial charge in [-0.3, -0.25) is 4.79 Å². The number of benzene rings is 1. The lowest BCUT2D eigenvalue weighted by molar-refractivity contribution is 0.0989. The summed E-state index contributed by atoms with van der Waals surface area (Å²) in [5, 5.41) is 8.75. The minimum absolute atomic E-state index is 0.0981. The average Bonchev–Trinajstić information content (AvgIpc) is 2.71. The quantitative estimate of drug-likeness (QED) is 0.639. The molecule has 16 heavy (non-hydrogen) atoms. The number of hydrogen-bond donors (Lipinski definition) is 0. The van der Waals surface area contributed by atoms with Gasteiger partial charge in [-0.1, -0.05) is 22.0 Å². The fourth-order valence-corrected chi connectivity index (χ4v) is 1.59. The number of nitrogens with zero attached hydrogens (tertiary/aromatic N) is 2. The van der Waals surface area contributed by atoms with Crippen LogP contribution in [-0.2, 0) is 6.42 Å². The molecule has 0 aliphatic rings. The first-order chi connectivity index (χ1) is 7.74. The number of aromatic nitrogens is 1. The van der Waals surface area contributed by atoms with Crippen molar-refractivity contribution in [3.8, 4) is 6.07 Å². The summed E-state index contributed by atoms with van der Waals surface area (Å²) in [6.45, 7) is 0. The van der Waals surface area contributed by atoms with Crippen molar-refractivity contribution < 1.29 is 9.21 Å². The van der Waals surface area contributed by atoms with E-state index in [9.17, 15) is 4.79 Å². The highest BCUT2D eigenvalue weighted by atomic mass is 79.9. The highest BCUT2D eigenvalue weighted by Gasteiger charge is 2.12. The summed E-state index contributed by atoms with van der Waals surface area (Å²) >= 11 is 3.06. The van der Waals surface area contributed by atoms with E-state index in [1.54, 1.807) is 18.2 Å². The Morgan fingerprint density at radius 1 is 1.56 bits per heavy atom. The maximum atomic E-state index is 11.3. The Morgan fingerprint density at radius 3 is 3.06 bits per heavy atom. The smallest absolute Gasteiger partial charge is 0.265 e. The summed E-state index contributed by atoms with van der Waals surface area (Å²) in [6, 6.07) is 7.33. The number of nitriles is 1. The molecule has 0 N–H and O–H groups in total. The second-order valence-electron chi connectivity index (χ2n) is 3.21. The molecule has 0 atom stereocenters. The van der Waals surface area contributed by atoms with Crippen LogP contribution in [0.2, 0.25) is 0 Å². The van der Waals surface area contributed by atoms with Gasteiger partial charge in [-0.2, -0.15) is 5.26 Å². The van der Waals surface area contributed by atoms with Crippen LogP contribution in [0.15, 0.2) is 22.6 Å². The van der Waals surface area contributed by atoms with Crippen LogP contribution in [0.5, 0.6) is 0 Å². The summed E-state index contributed by atoms with van der Waals surface area (Å²) in [7, 11) is 0. The van der Waals surface area contributed by atoms with Crippen LogP contribution >= 0.6 is 15.9 Å². The van der Waals surface area contributed by atoms with Gasteiger partial charge < -0.3 is 4.42 Å². The molecule has 0 fully saturated rings. The summed E-state index contributed by atoms with van der Waals surface area (Å²) in [5.41, 5.74) is 2.02. The standard InChI is InChI=1S/C11H7BrN2O2/c12-6-9(15)11-14-8-2-1-7(3-4-13)5-10(8)16-11/h1-2,5H,3,6H2. The van der Waals surface area contributed by atoms with Crippen LogP contribution in [0.25, 0.3) is 11.1 Å². The number of alkyl halides is 1. The lowest BCUT2D eigenvalue weighted by atomic mass is 10.1. The van der Waals surface area contributed by atoms with Gasteiger partial charge in [0.2, 0.25) is 5.78 Å². The Labute approximate surface area is 100 Å². The predicted octanol–water partition coefficient (Wildman–Crippen LogP) is 2.47. The lowest BCUT2D eigenvalue weighted by Crippen LogP contribution is -1.99. The lowest BCUT2D eigenvalue weighted by Gasteiger charge is -1.91. The SMILES string of the molecule is N#CCc1ccc2nc(C(=O)CBr)oc2c1. The summed E-state index contributed by atoms with van der Waals surface area (Å²) in [6.07, 6.45) is 0.318.